The maximum Gasteiger partial charge on any atom is 0.263 e. The van der Waals surface area contributed by atoms with Crippen molar-refractivity contribution in [2.75, 3.05) is 54.8 Å². The number of para-hydroxylation sites is 1. The molecule has 4 atom stereocenters. The van der Waals surface area contributed by atoms with Gasteiger partial charge in [-0.1, -0.05) is 59.1 Å². The summed E-state index contributed by atoms with van der Waals surface area (Å²) in [6, 6.07) is 23.4. The van der Waals surface area contributed by atoms with Crippen LogP contribution in [0.3, 0.4) is 0 Å². The number of rotatable bonds is 5. The monoisotopic (exact) mass is 723 g/mol. The number of carbonyl (C=O) groups excluding carboxylic acids is 2. The molecule has 4 heterocycles. The molecule has 1 N–H and O–H groups in total. The third kappa shape index (κ3) is 5.82. The number of likely N-dealkylation sites (tertiary alicyclic amines) is 2. The van der Waals surface area contributed by atoms with Crippen molar-refractivity contribution in [1.29, 1.82) is 0 Å². The second-order valence-electron chi connectivity index (χ2n) is 14.7. The van der Waals surface area contributed by atoms with Gasteiger partial charge in [0.2, 0.25) is 0 Å². The Morgan fingerprint density at radius 1 is 0.725 bits per heavy atom. The predicted molar refractivity (Wildman–Crippen MR) is 202 cm³/mol. The van der Waals surface area contributed by atoms with Crippen LogP contribution in [0.4, 0.5) is 17.1 Å². The molecule has 4 aliphatic heterocycles. The molecule has 264 valence electrons. The van der Waals surface area contributed by atoms with Gasteiger partial charge in [0.05, 0.1) is 16.3 Å². The maximum absolute atomic E-state index is 14.5. The molecule has 2 amide bonds. The number of hydrogen-bond donors (Lipinski definition) is 1. The third-order valence-electron chi connectivity index (χ3n) is 11.2. The molecule has 4 unspecified atom stereocenters. The van der Waals surface area contributed by atoms with Gasteiger partial charge in [0.25, 0.3) is 21.8 Å². The molecule has 0 aliphatic carbocycles. The molecule has 2 fully saturated rings. The highest BCUT2D eigenvalue weighted by molar-refractivity contribution is 7.92. The van der Waals surface area contributed by atoms with Crippen molar-refractivity contribution in [2.45, 2.75) is 55.5 Å². The average molecular weight is 724 g/mol. The summed E-state index contributed by atoms with van der Waals surface area (Å²) in [7, 11) is -0.133. The summed E-state index contributed by atoms with van der Waals surface area (Å²) < 4.78 is 31.0. The van der Waals surface area contributed by atoms with Crippen LogP contribution in [0.15, 0.2) is 83.8 Å². The van der Waals surface area contributed by atoms with Crippen LogP contribution in [-0.4, -0.2) is 82.4 Å². The van der Waals surface area contributed by atoms with Crippen LogP contribution in [0.2, 0.25) is 5.02 Å². The summed E-state index contributed by atoms with van der Waals surface area (Å²) in [5, 5.41) is -0.0181. The minimum Gasteiger partial charge on any atom is -0.306 e. The minimum absolute atomic E-state index is 0.0181. The maximum atomic E-state index is 14.5. The average Bonchev–Trinajstić information content (AvgIpc) is 3.59. The van der Waals surface area contributed by atoms with Gasteiger partial charge in [-0.3, -0.25) is 14.3 Å². The summed E-state index contributed by atoms with van der Waals surface area (Å²) in [5.74, 6) is -0.190. The zero-order valence-electron chi connectivity index (χ0n) is 29.3. The first kappa shape index (κ1) is 33.9. The largest absolute Gasteiger partial charge is 0.306 e. The number of amides is 2. The number of likely N-dealkylation sites (N-methyl/N-ethyl adjacent to an activating group) is 2. The molecule has 0 radical (unpaired) electrons. The molecule has 8 rings (SSSR count). The smallest absolute Gasteiger partial charge is 0.263 e. The molecule has 4 aromatic rings. The lowest BCUT2D eigenvalue weighted by Crippen LogP contribution is -2.47. The Morgan fingerprint density at radius 3 is 1.86 bits per heavy atom. The number of halogens is 1. The Kier molecular flexibility index (Phi) is 8.49. The van der Waals surface area contributed by atoms with Gasteiger partial charge in [0.1, 0.15) is 4.90 Å². The zero-order valence-corrected chi connectivity index (χ0v) is 30.8. The van der Waals surface area contributed by atoms with Gasteiger partial charge in [0, 0.05) is 53.9 Å². The highest BCUT2D eigenvalue weighted by atomic mass is 35.5. The Labute approximate surface area is 304 Å². The molecule has 4 aliphatic rings. The number of carbonyl (C=O) groups is 2. The highest BCUT2D eigenvalue weighted by Crippen LogP contribution is 2.47. The number of anilines is 3. The van der Waals surface area contributed by atoms with E-state index in [1.807, 2.05) is 34.1 Å². The lowest BCUT2D eigenvalue weighted by molar-refractivity contribution is 0.0957. The molecule has 0 aromatic heterocycles. The summed E-state index contributed by atoms with van der Waals surface area (Å²) >= 11 is 6.57. The van der Waals surface area contributed by atoms with E-state index in [0.29, 0.717) is 0 Å². The summed E-state index contributed by atoms with van der Waals surface area (Å²) in [6.07, 6.45) is 1.62. The molecule has 4 aromatic carbocycles. The number of hydrogen-bond acceptors (Lipinski definition) is 6. The zero-order chi connectivity index (χ0) is 35.8. The van der Waals surface area contributed by atoms with Gasteiger partial charge < -0.3 is 19.6 Å². The van der Waals surface area contributed by atoms with Crippen LogP contribution >= 0.6 is 11.6 Å². The molecule has 11 heteroatoms. The second kappa shape index (κ2) is 12.8. The second-order valence-corrected chi connectivity index (χ2v) is 16.8. The number of nitrogens with one attached hydrogen (secondary N) is 1. The number of piperidine rings is 2. The minimum atomic E-state index is -4.33. The molecular weight excluding hydrogens is 682 g/mol. The number of aryl methyl sites for hydroxylation is 2. The quantitative estimate of drug-likeness (QED) is 0.248. The number of sulfonamides is 1. The van der Waals surface area contributed by atoms with E-state index >= 15 is 0 Å². The van der Waals surface area contributed by atoms with Crippen molar-refractivity contribution in [3.05, 3.63) is 117 Å². The van der Waals surface area contributed by atoms with E-state index in [-0.39, 0.29) is 62.5 Å². The highest BCUT2D eigenvalue weighted by Gasteiger charge is 2.46. The molecular formula is C40H42ClN5O4S. The van der Waals surface area contributed by atoms with Crippen molar-refractivity contribution in [2.24, 2.45) is 0 Å². The SMILES string of the molecule is Cc1ccc2c(c1)C1CN(C)CCC1N2C(=O)c1ccc(Cl)c(S(=O)(=O)Nc2ccccc2C(=O)N2c3ccc(C)cc3C3CN(C)CCC32)c1. The van der Waals surface area contributed by atoms with Crippen LogP contribution in [0.25, 0.3) is 0 Å². The van der Waals surface area contributed by atoms with Gasteiger partial charge in [-0.25, -0.2) is 8.42 Å². The molecule has 0 spiro atoms. The summed E-state index contributed by atoms with van der Waals surface area (Å²) in [6.45, 7) is 7.52. The fourth-order valence-electron chi connectivity index (χ4n) is 8.76. The first-order valence-corrected chi connectivity index (χ1v) is 19.4. The van der Waals surface area contributed by atoms with Crippen molar-refractivity contribution in [1.82, 2.24) is 9.80 Å². The van der Waals surface area contributed by atoms with E-state index < -0.39 is 10.0 Å². The van der Waals surface area contributed by atoms with Crippen molar-refractivity contribution in [3.8, 4) is 0 Å². The molecule has 2 saturated heterocycles. The van der Waals surface area contributed by atoms with Gasteiger partial charge >= 0.3 is 0 Å². The Bertz CT molecular complexity index is 2190. The molecule has 0 bridgehead atoms. The van der Waals surface area contributed by atoms with Crippen molar-refractivity contribution in [3.63, 3.8) is 0 Å². The van der Waals surface area contributed by atoms with Crippen molar-refractivity contribution >= 4 is 50.5 Å². The third-order valence-corrected chi connectivity index (χ3v) is 13.1. The van der Waals surface area contributed by atoms with Gasteiger partial charge in [-0.15, -0.1) is 0 Å². The van der Waals surface area contributed by atoms with Gasteiger partial charge in [0.15, 0.2) is 0 Å². The van der Waals surface area contributed by atoms with E-state index in [9.17, 15) is 18.0 Å². The summed E-state index contributed by atoms with van der Waals surface area (Å²) in [5.41, 5.74) is 6.92. The van der Waals surface area contributed by atoms with Crippen molar-refractivity contribution < 1.29 is 18.0 Å². The predicted octanol–water partition coefficient (Wildman–Crippen LogP) is 6.65. The normalized spacial score (nSPS) is 23.0. The fourth-order valence-corrected chi connectivity index (χ4v) is 10.4. The number of benzene rings is 4. The van der Waals surface area contributed by atoms with E-state index in [4.69, 9.17) is 11.6 Å². The molecule has 51 heavy (non-hydrogen) atoms. The topological polar surface area (TPSA) is 93.3 Å². The molecule has 9 nitrogen and oxygen atoms in total. The lowest BCUT2D eigenvalue weighted by atomic mass is 9.88. The standard InChI is InChI=1S/C40H42ClN5O4S/c1-24-9-13-34-28(19-24)30-22-43(3)17-15-36(30)45(34)39(47)26-11-12-32(41)38(21-26)51(49,50)42-33-8-6-5-7-27(33)40(48)46-35-14-10-25(2)20-29(35)31-23-44(4)18-16-37(31)46/h5-14,19-21,30-31,36-37,42H,15-18,22-23H2,1-4H3. The van der Waals surface area contributed by atoms with Crippen LogP contribution in [-0.2, 0) is 10.0 Å². The fraction of sp³-hybridized carbons (Fsp3) is 0.350. The Balaban J connectivity index is 1.11. The lowest BCUT2D eigenvalue weighted by Gasteiger charge is -2.36. The van der Waals surface area contributed by atoms with E-state index in [1.54, 1.807) is 30.3 Å². The molecule has 0 saturated carbocycles. The van der Waals surface area contributed by atoms with Crippen LogP contribution in [0, 0.1) is 13.8 Å². The Morgan fingerprint density at radius 2 is 1.27 bits per heavy atom. The first-order valence-electron chi connectivity index (χ1n) is 17.6. The van der Waals surface area contributed by atoms with Crippen LogP contribution in [0.1, 0.15) is 67.6 Å². The number of fused-ring (bicyclic) bond motifs is 6. The van der Waals surface area contributed by atoms with Crippen LogP contribution < -0.4 is 14.5 Å². The van der Waals surface area contributed by atoms with E-state index in [0.717, 1.165) is 72.6 Å². The summed E-state index contributed by atoms with van der Waals surface area (Å²) in [4.78, 5) is 36.9. The number of nitrogens with zero attached hydrogens (tertiary/aromatic N) is 4. The first-order chi connectivity index (χ1) is 24.4. The van der Waals surface area contributed by atoms with Gasteiger partial charge in [-0.2, -0.15) is 0 Å². The van der Waals surface area contributed by atoms with Gasteiger partial charge in [-0.05, 0) is 107 Å². The van der Waals surface area contributed by atoms with E-state index in [1.165, 1.54) is 12.1 Å². The van der Waals surface area contributed by atoms with Crippen LogP contribution in [0.5, 0.6) is 0 Å². The Hall–Kier alpha value is -4.22. The van der Waals surface area contributed by atoms with E-state index in [2.05, 4.69) is 54.6 Å².